The van der Waals surface area contributed by atoms with Crippen LogP contribution in [0.3, 0.4) is 0 Å². The quantitative estimate of drug-likeness (QED) is 0.845. The maximum absolute atomic E-state index is 12.7. The molecule has 1 unspecified atom stereocenters. The zero-order valence-corrected chi connectivity index (χ0v) is 13.9. The van der Waals surface area contributed by atoms with E-state index in [2.05, 4.69) is 10.4 Å². The molecule has 7 nitrogen and oxygen atoms in total. The first-order chi connectivity index (χ1) is 9.74. The summed E-state index contributed by atoms with van der Waals surface area (Å²) < 4.78 is 34.3. The Morgan fingerprint density at radius 2 is 2.24 bits per heavy atom. The van der Waals surface area contributed by atoms with Gasteiger partial charge in [0.2, 0.25) is 10.0 Å². The summed E-state index contributed by atoms with van der Waals surface area (Å²) >= 11 is 0. The maximum atomic E-state index is 12.7. The minimum Gasteiger partial charge on any atom is -0.370 e. The van der Waals surface area contributed by atoms with E-state index in [0.29, 0.717) is 19.6 Å². The van der Waals surface area contributed by atoms with E-state index in [-0.39, 0.29) is 11.0 Å². The highest BCUT2D eigenvalue weighted by Gasteiger charge is 2.38. The third kappa shape index (κ3) is 3.82. The molecule has 1 aliphatic rings. The van der Waals surface area contributed by atoms with Crippen LogP contribution in [0.15, 0.2) is 17.3 Å². The highest BCUT2D eigenvalue weighted by molar-refractivity contribution is 7.89. The van der Waals surface area contributed by atoms with Gasteiger partial charge in [0.1, 0.15) is 4.90 Å². The molecular weight excluding hydrogens is 292 g/mol. The Labute approximate surface area is 126 Å². The summed E-state index contributed by atoms with van der Waals surface area (Å²) in [6.07, 6.45) is 2.88. The van der Waals surface area contributed by atoms with E-state index in [0.717, 1.165) is 6.54 Å². The highest BCUT2D eigenvalue weighted by Crippen LogP contribution is 2.26. The Hall–Kier alpha value is -0.960. The second-order valence-corrected chi connectivity index (χ2v) is 7.97. The minimum absolute atomic E-state index is 0.122. The van der Waals surface area contributed by atoms with Gasteiger partial charge in [-0.1, -0.05) is 0 Å². The lowest BCUT2D eigenvalue weighted by Gasteiger charge is -2.40. The normalized spacial score (nSPS) is 23.3. The Morgan fingerprint density at radius 3 is 2.86 bits per heavy atom. The van der Waals surface area contributed by atoms with Gasteiger partial charge in [0.25, 0.3) is 0 Å². The van der Waals surface area contributed by atoms with Crippen molar-refractivity contribution in [3.05, 3.63) is 12.4 Å². The summed E-state index contributed by atoms with van der Waals surface area (Å²) in [5.74, 6) is 0. The SMILES string of the molecule is CNCCn1cc(S(=O)(=O)N2CC(C)OC(C)(C)C2)cn1. The molecule has 1 N–H and O–H groups in total. The average molecular weight is 316 g/mol. The predicted molar refractivity (Wildman–Crippen MR) is 79.5 cm³/mol. The second kappa shape index (κ2) is 6.04. The second-order valence-electron chi connectivity index (χ2n) is 6.03. The number of sulfonamides is 1. The fourth-order valence-corrected chi connectivity index (χ4v) is 4.17. The summed E-state index contributed by atoms with van der Waals surface area (Å²) in [5.41, 5.74) is -0.479. The molecule has 1 fully saturated rings. The van der Waals surface area contributed by atoms with Gasteiger partial charge >= 0.3 is 0 Å². The van der Waals surface area contributed by atoms with Crippen molar-refractivity contribution in [2.45, 2.75) is 43.9 Å². The summed E-state index contributed by atoms with van der Waals surface area (Å²) in [7, 11) is -1.68. The number of morpholine rings is 1. The van der Waals surface area contributed by atoms with E-state index in [9.17, 15) is 8.42 Å². The number of nitrogens with zero attached hydrogens (tertiary/aromatic N) is 3. The van der Waals surface area contributed by atoms with Gasteiger partial charge in [0.15, 0.2) is 0 Å². The number of rotatable bonds is 5. The molecule has 1 aromatic heterocycles. The van der Waals surface area contributed by atoms with Crippen LogP contribution < -0.4 is 5.32 Å². The van der Waals surface area contributed by atoms with E-state index in [1.165, 1.54) is 10.5 Å². The van der Waals surface area contributed by atoms with Crippen LogP contribution in [0.1, 0.15) is 20.8 Å². The van der Waals surface area contributed by atoms with Crippen molar-refractivity contribution in [1.82, 2.24) is 19.4 Å². The third-order valence-corrected chi connectivity index (χ3v) is 5.14. The van der Waals surface area contributed by atoms with E-state index >= 15 is 0 Å². The van der Waals surface area contributed by atoms with Crippen molar-refractivity contribution in [2.24, 2.45) is 0 Å². The molecule has 8 heteroatoms. The lowest BCUT2D eigenvalue weighted by atomic mass is 10.1. The lowest BCUT2D eigenvalue weighted by Crippen LogP contribution is -2.53. The molecule has 0 radical (unpaired) electrons. The zero-order chi connectivity index (χ0) is 15.7. The van der Waals surface area contributed by atoms with Gasteiger partial charge in [-0.3, -0.25) is 4.68 Å². The van der Waals surface area contributed by atoms with Crippen molar-refractivity contribution in [2.75, 3.05) is 26.7 Å². The molecule has 1 atom stereocenters. The zero-order valence-electron chi connectivity index (χ0n) is 13.0. The topological polar surface area (TPSA) is 76.5 Å². The summed E-state index contributed by atoms with van der Waals surface area (Å²) in [6.45, 7) is 7.79. The van der Waals surface area contributed by atoms with Gasteiger partial charge in [0, 0.05) is 25.8 Å². The van der Waals surface area contributed by atoms with Gasteiger partial charge in [-0.05, 0) is 27.8 Å². The smallest absolute Gasteiger partial charge is 0.246 e. The Bertz CT molecular complexity index is 582. The summed E-state index contributed by atoms with van der Waals surface area (Å²) in [6, 6.07) is 0. The van der Waals surface area contributed by atoms with Crippen LogP contribution in [0.4, 0.5) is 0 Å². The van der Waals surface area contributed by atoms with Crippen LogP contribution in [0, 0.1) is 0 Å². The van der Waals surface area contributed by atoms with Crippen molar-refractivity contribution < 1.29 is 13.2 Å². The summed E-state index contributed by atoms with van der Waals surface area (Å²) in [4.78, 5) is 0.239. The molecule has 0 saturated carbocycles. The van der Waals surface area contributed by atoms with Gasteiger partial charge in [0.05, 0.1) is 24.4 Å². The highest BCUT2D eigenvalue weighted by atomic mass is 32.2. The molecule has 0 aromatic carbocycles. The largest absolute Gasteiger partial charge is 0.370 e. The van der Waals surface area contributed by atoms with Crippen LogP contribution in [0.2, 0.25) is 0 Å². The van der Waals surface area contributed by atoms with Crippen molar-refractivity contribution in [1.29, 1.82) is 0 Å². The molecule has 1 saturated heterocycles. The fourth-order valence-electron chi connectivity index (χ4n) is 2.55. The molecule has 21 heavy (non-hydrogen) atoms. The van der Waals surface area contributed by atoms with Crippen molar-refractivity contribution in [3.63, 3.8) is 0 Å². The lowest BCUT2D eigenvalue weighted by molar-refractivity contribution is -0.109. The Balaban J connectivity index is 2.19. The van der Waals surface area contributed by atoms with Gasteiger partial charge in [-0.25, -0.2) is 8.42 Å². The van der Waals surface area contributed by atoms with Gasteiger partial charge in [-0.15, -0.1) is 0 Å². The van der Waals surface area contributed by atoms with Crippen LogP contribution in [-0.2, 0) is 21.3 Å². The van der Waals surface area contributed by atoms with Crippen LogP contribution >= 0.6 is 0 Å². The third-order valence-electron chi connectivity index (χ3n) is 3.38. The Kier molecular flexibility index (Phi) is 4.72. The Morgan fingerprint density at radius 1 is 1.52 bits per heavy atom. The van der Waals surface area contributed by atoms with E-state index in [1.54, 1.807) is 10.9 Å². The van der Waals surface area contributed by atoms with E-state index < -0.39 is 15.6 Å². The number of hydrogen-bond donors (Lipinski definition) is 1. The predicted octanol–water partition coefficient (Wildman–Crippen LogP) is 0.290. The number of ether oxygens (including phenoxy) is 1. The standard InChI is InChI=1S/C13H24N4O3S/c1-11-8-17(10-13(2,3)20-11)21(18,19)12-7-15-16(9-12)6-5-14-4/h7,9,11,14H,5-6,8,10H2,1-4H3. The van der Waals surface area contributed by atoms with Crippen molar-refractivity contribution >= 4 is 10.0 Å². The molecule has 1 aliphatic heterocycles. The molecule has 0 amide bonds. The number of hydrogen-bond acceptors (Lipinski definition) is 5. The van der Waals surface area contributed by atoms with Crippen LogP contribution in [-0.4, -0.2) is 60.9 Å². The monoisotopic (exact) mass is 316 g/mol. The fraction of sp³-hybridized carbons (Fsp3) is 0.769. The number of nitrogens with one attached hydrogen (secondary N) is 1. The molecule has 2 rings (SSSR count). The summed E-state index contributed by atoms with van der Waals surface area (Å²) in [5, 5.41) is 7.12. The van der Waals surface area contributed by atoms with E-state index in [4.69, 9.17) is 4.74 Å². The molecule has 0 bridgehead atoms. The number of likely N-dealkylation sites (N-methyl/N-ethyl adjacent to an activating group) is 1. The molecule has 0 aliphatic carbocycles. The molecule has 2 heterocycles. The van der Waals surface area contributed by atoms with Gasteiger partial charge < -0.3 is 10.1 Å². The van der Waals surface area contributed by atoms with Crippen LogP contribution in [0.5, 0.6) is 0 Å². The maximum Gasteiger partial charge on any atom is 0.246 e. The van der Waals surface area contributed by atoms with Crippen LogP contribution in [0.25, 0.3) is 0 Å². The van der Waals surface area contributed by atoms with Gasteiger partial charge in [-0.2, -0.15) is 9.40 Å². The minimum atomic E-state index is -3.52. The van der Waals surface area contributed by atoms with Crippen molar-refractivity contribution in [3.8, 4) is 0 Å². The average Bonchev–Trinajstić information content (AvgIpc) is 2.83. The first-order valence-corrected chi connectivity index (χ1v) is 8.54. The molecule has 0 spiro atoms. The molecule has 120 valence electrons. The number of aromatic nitrogens is 2. The molecule has 1 aromatic rings. The van der Waals surface area contributed by atoms with E-state index in [1.807, 2.05) is 27.8 Å². The molecular formula is C13H24N4O3S. The first kappa shape index (κ1) is 16.4. The first-order valence-electron chi connectivity index (χ1n) is 7.09.